The van der Waals surface area contributed by atoms with Crippen LogP contribution in [-0.4, -0.2) is 33.6 Å². The Hall–Kier alpha value is -3.00. The van der Waals surface area contributed by atoms with Crippen molar-refractivity contribution in [1.29, 1.82) is 0 Å². The molecule has 1 atom stereocenters. The first kappa shape index (κ1) is 23.2. The Morgan fingerprint density at radius 1 is 0.909 bits per heavy atom. The van der Waals surface area contributed by atoms with Gasteiger partial charge in [0.05, 0.1) is 11.0 Å². The standard InChI is InChI=1S/C26H28N2O4S/c29-26(18-25(20-8-3-1-4-9-20)21-10-5-2-6-11-21)28-22-13-15-24(16-14-22)33(30,31)27-19-23-12-7-17-32-23/h1-6,8-11,13-16,23,25,27H,7,12,17-19H2,(H,28,29)/t23-/m1/s1. The first-order valence-electron chi connectivity index (χ1n) is 11.1. The minimum absolute atomic E-state index is 0.0690. The molecule has 7 heteroatoms. The zero-order valence-electron chi connectivity index (χ0n) is 18.3. The maximum Gasteiger partial charge on any atom is 0.240 e. The predicted molar refractivity (Wildman–Crippen MR) is 129 cm³/mol. The van der Waals surface area contributed by atoms with Crippen molar-refractivity contribution >= 4 is 21.6 Å². The molecule has 33 heavy (non-hydrogen) atoms. The second-order valence-corrected chi connectivity index (χ2v) is 9.90. The summed E-state index contributed by atoms with van der Waals surface area (Å²) in [5.74, 6) is -0.214. The topological polar surface area (TPSA) is 84.5 Å². The fourth-order valence-corrected chi connectivity index (χ4v) is 5.07. The van der Waals surface area contributed by atoms with Crippen molar-refractivity contribution in [3.05, 3.63) is 96.1 Å². The quantitative estimate of drug-likeness (QED) is 0.494. The fourth-order valence-electron chi connectivity index (χ4n) is 4.00. The number of amides is 1. The highest BCUT2D eigenvalue weighted by Gasteiger charge is 2.21. The SMILES string of the molecule is O=C(CC(c1ccccc1)c1ccccc1)Nc1ccc(S(=O)(=O)NC[C@H]2CCCO2)cc1. The zero-order chi connectivity index (χ0) is 23.1. The maximum atomic E-state index is 12.8. The molecule has 0 aromatic heterocycles. The van der Waals surface area contributed by atoms with Crippen LogP contribution in [0.1, 0.15) is 36.3 Å². The number of rotatable bonds is 9. The van der Waals surface area contributed by atoms with Gasteiger partial charge in [-0.05, 0) is 48.2 Å². The van der Waals surface area contributed by atoms with Crippen molar-refractivity contribution in [1.82, 2.24) is 4.72 Å². The molecule has 1 aliphatic rings. The van der Waals surface area contributed by atoms with Crippen LogP contribution in [0, 0.1) is 0 Å². The highest BCUT2D eigenvalue weighted by molar-refractivity contribution is 7.89. The van der Waals surface area contributed by atoms with Gasteiger partial charge in [-0.1, -0.05) is 60.7 Å². The summed E-state index contributed by atoms with van der Waals surface area (Å²) in [6, 6.07) is 26.1. The van der Waals surface area contributed by atoms with Crippen molar-refractivity contribution in [2.24, 2.45) is 0 Å². The molecular weight excluding hydrogens is 436 g/mol. The van der Waals surface area contributed by atoms with Gasteiger partial charge >= 0.3 is 0 Å². The van der Waals surface area contributed by atoms with E-state index in [2.05, 4.69) is 10.0 Å². The average Bonchev–Trinajstić information content (AvgIpc) is 3.37. The zero-order valence-corrected chi connectivity index (χ0v) is 19.1. The van der Waals surface area contributed by atoms with Gasteiger partial charge in [0.25, 0.3) is 0 Å². The molecule has 3 aromatic rings. The van der Waals surface area contributed by atoms with Crippen LogP contribution in [0.4, 0.5) is 5.69 Å². The minimum atomic E-state index is -3.63. The van der Waals surface area contributed by atoms with E-state index in [0.29, 0.717) is 12.3 Å². The van der Waals surface area contributed by atoms with E-state index < -0.39 is 10.0 Å². The Balaban J connectivity index is 1.40. The van der Waals surface area contributed by atoms with E-state index in [4.69, 9.17) is 4.74 Å². The molecule has 1 fully saturated rings. The van der Waals surface area contributed by atoms with Crippen molar-refractivity contribution < 1.29 is 17.9 Å². The lowest BCUT2D eigenvalue weighted by atomic mass is 9.88. The van der Waals surface area contributed by atoms with E-state index in [1.165, 1.54) is 12.1 Å². The van der Waals surface area contributed by atoms with Crippen LogP contribution in [0.5, 0.6) is 0 Å². The Morgan fingerprint density at radius 2 is 1.52 bits per heavy atom. The number of benzene rings is 3. The molecule has 2 N–H and O–H groups in total. The van der Waals surface area contributed by atoms with Crippen LogP contribution in [0.15, 0.2) is 89.8 Å². The lowest BCUT2D eigenvalue weighted by Crippen LogP contribution is -2.31. The number of hydrogen-bond acceptors (Lipinski definition) is 4. The lowest BCUT2D eigenvalue weighted by molar-refractivity contribution is -0.116. The molecule has 1 saturated heterocycles. The molecule has 0 aliphatic carbocycles. The Kier molecular flexibility index (Phi) is 7.54. The van der Waals surface area contributed by atoms with Gasteiger partial charge in [-0.25, -0.2) is 13.1 Å². The Labute approximate surface area is 195 Å². The number of nitrogens with one attached hydrogen (secondary N) is 2. The van der Waals surface area contributed by atoms with E-state index in [-0.39, 0.29) is 35.8 Å². The largest absolute Gasteiger partial charge is 0.377 e. The Bertz CT molecular complexity index is 1100. The number of anilines is 1. The number of carbonyl (C=O) groups is 1. The molecule has 4 rings (SSSR count). The molecule has 6 nitrogen and oxygen atoms in total. The van der Waals surface area contributed by atoms with E-state index in [1.54, 1.807) is 12.1 Å². The van der Waals surface area contributed by atoms with E-state index in [1.807, 2.05) is 60.7 Å². The maximum absolute atomic E-state index is 12.8. The molecule has 3 aromatic carbocycles. The third kappa shape index (κ3) is 6.28. The number of hydrogen-bond donors (Lipinski definition) is 2. The fraction of sp³-hybridized carbons (Fsp3) is 0.269. The first-order valence-corrected chi connectivity index (χ1v) is 12.6. The summed E-state index contributed by atoms with van der Waals surface area (Å²) in [5.41, 5.74) is 2.69. The lowest BCUT2D eigenvalue weighted by Gasteiger charge is -2.18. The minimum Gasteiger partial charge on any atom is -0.377 e. The van der Waals surface area contributed by atoms with Crippen LogP contribution in [0.2, 0.25) is 0 Å². The van der Waals surface area contributed by atoms with E-state index >= 15 is 0 Å². The van der Waals surface area contributed by atoms with Crippen LogP contribution < -0.4 is 10.0 Å². The van der Waals surface area contributed by atoms with Gasteiger partial charge in [0, 0.05) is 31.2 Å². The van der Waals surface area contributed by atoms with Crippen molar-refractivity contribution in [2.45, 2.75) is 36.2 Å². The van der Waals surface area contributed by atoms with E-state index in [9.17, 15) is 13.2 Å². The highest BCUT2D eigenvalue weighted by atomic mass is 32.2. The molecule has 1 heterocycles. The second-order valence-electron chi connectivity index (χ2n) is 8.14. The molecule has 0 spiro atoms. The van der Waals surface area contributed by atoms with Gasteiger partial charge in [-0.15, -0.1) is 0 Å². The smallest absolute Gasteiger partial charge is 0.240 e. The van der Waals surface area contributed by atoms with Gasteiger partial charge in [0.2, 0.25) is 15.9 Å². The van der Waals surface area contributed by atoms with E-state index in [0.717, 1.165) is 24.0 Å². The van der Waals surface area contributed by atoms with Crippen molar-refractivity contribution in [3.63, 3.8) is 0 Å². The molecule has 1 amide bonds. The van der Waals surface area contributed by atoms with Gasteiger partial charge in [-0.2, -0.15) is 0 Å². The molecule has 0 bridgehead atoms. The summed E-state index contributed by atoms with van der Waals surface area (Å²) in [6.45, 7) is 0.942. The second kappa shape index (κ2) is 10.7. The molecule has 0 radical (unpaired) electrons. The molecule has 0 saturated carbocycles. The number of ether oxygens (including phenoxy) is 1. The van der Waals surface area contributed by atoms with Crippen LogP contribution in [0.25, 0.3) is 0 Å². The third-order valence-electron chi connectivity index (χ3n) is 5.77. The van der Waals surface area contributed by atoms with Gasteiger partial charge in [0.15, 0.2) is 0 Å². The van der Waals surface area contributed by atoms with Gasteiger partial charge in [-0.3, -0.25) is 4.79 Å². The van der Waals surface area contributed by atoms with Crippen LogP contribution in [0.3, 0.4) is 0 Å². The predicted octanol–water partition coefficient (Wildman–Crippen LogP) is 4.30. The van der Waals surface area contributed by atoms with Crippen molar-refractivity contribution in [3.8, 4) is 0 Å². The average molecular weight is 465 g/mol. The summed E-state index contributed by atoms with van der Waals surface area (Å²) in [6.07, 6.45) is 2.02. The molecule has 172 valence electrons. The van der Waals surface area contributed by atoms with Gasteiger partial charge < -0.3 is 10.1 Å². The molecular formula is C26H28N2O4S. The summed E-state index contributed by atoms with van der Waals surface area (Å²) >= 11 is 0. The monoisotopic (exact) mass is 464 g/mol. The van der Waals surface area contributed by atoms with Gasteiger partial charge in [0.1, 0.15) is 0 Å². The summed E-state index contributed by atoms with van der Waals surface area (Å²) < 4.78 is 33.1. The number of carbonyl (C=O) groups excluding carboxylic acids is 1. The molecule has 0 unspecified atom stereocenters. The Morgan fingerprint density at radius 3 is 2.06 bits per heavy atom. The summed E-state index contributed by atoms with van der Waals surface area (Å²) in [5, 5.41) is 2.89. The summed E-state index contributed by atoms with van der Waals surface area (Å²) in [4.78, 5) is 13.0. The summed E-state index contributed by atoms with van der Waals surface area (Å²) in [7, 11) is -3.63. The van der Waals surface area contributed by atoms with Crippen molar-refractivity contribution in [2.75, 3.05) is 18.5 Å². The normalized spacial score (nSPS) is 16.1. The number of sulfonamides is 1. The first-order chi connectivity index (χ1) is 16.0. The van der Waals surface area contributed by atoms with Crippen LogP contribution >= 0.6 is 0 Å². The van der Waals surface area contributed by atoms with Crippen LogP contribution in [-0.2, 0) is 19.6 Å². The molecule has 1 aliphatic heterocycles. The third-order valence-corrected chi connectivity index (χ3v) is 7.21. The highest BCUT2D eigenvalue weighted by Crippen LogP contribution is 2.28.